The van der Waals surface area contributed by atoms with E-state index in [2.05, 4.69) is 36.5 Å². The Morgan fingerprint density at radius 2 is 1.90 bits per heavy atom. The van der Waals surface area contributed by atoms with E-state index in [-0.39, 0.29) is 11.9 Å². The van der Waals surface area contributed by atoms with Crippen LogP contribution in [0.5, 0.6) is 11.5 Å². The minimum Gasteiger partial charge on any atom is -0.495 e. The third kappa shape index (κ3) is 5.57. The van der Waals surface area contributed by atoms with Gasteiger partial charge in [-0.3, -0.25) is 0 Å². The van der Waals surface area contributed by atoms with E-state index in [0.29, 0.717) is 35.2 Å². The topological polar surface area (TPSA) is 30.5 Å². The molecule has 3 aromatic carbocycles. The smallest absolute Gasteiger partial charge is 0.138 e. The molecule has 0 aromatic heterocycles. The monoisotopic (exact) mass is 439 g/mol. The molecule has 1 N–H and O–H groups in total. The Balaban J connectivity index is 1.35. The average Bonchev–Trinajstić information content (AvgIpc) is 3.62. The molecule has 1 aliphatic carbocycles. The zero-order valence-electron chi connectivity index (χ0n) is 17.8. The molecule has 0 radical (unpaired) electrons. The maximum Gasteiger partial charge on any atom is 0.138 e. The lowest BCUT2D eigenvalue weighted by Crippen LogP contribution is -2.24. The molecule has 0 heterocycles. The Labute approximate surface area is 188 Å². The Kier molecular flexibility index (Phi) is 6.79. The van der Waals surface area contributed by atoms with Crippen molar-refractivity contribution in [2.24, 2.45) is 0 Å². The lowest BCUT2D eigenvalue weighted by molar-refractivity contribution is 0.306. The number of hydrogen-bond donors (Lipinski definition) is 1. The molecule has 1 atom stereocenters. The number of hydrogen-bond acceptors (Lipinski definition) is 3. The van der Waals surface area contributed by atoms with Crippen molar-refractivity contribution >= 4 is 11.6 Å². The molecule has 4 rings (SSSR count). The normalized spacial score (nSPS) is 14.3. The van der Waals surface area contributed by atoms with Crippen LogP contribution in [0, 0.1) is 5.82 Å². The van der Waals surface area contributed by atoms with E-state index < -0.39 is 0 Å². The van der Waals surface area contributed by atoms with Crippen molar-refractivity contribution in [3.63, 3.8) is 0 Å². The van der Waals surface area contributed by atoms with Gasteiger partial charge in [-0.25, -0.2) is 4.39 Å². The van der Waals surface area contributed by atoms with E-state index in [9.17, 15) is 4.39 Å². The van der Waals surface area contributed by atoms with Gasteiger partial charge in [-0.1, -0.05) is 41.9 Å². The van der Waals surface area contributed by atoms with Crippen LogP contribution in [0.25, 0.3) is 11.1 Å². The van der Waals surface area contributed by atoms with Gasteiger partial charge in [0.15, 0.2) is 0 Å². The highest BCUT2D eigenvalue weighted by Gasteiger charge is 2.23. The first-order valence-corrected chi connectivity index (χ1v) is 11.0. The van der Waals surface area contributed by atoms with Crippen LogP contribution in [0.3, 0.4) is 0 Å². The van der Waals surface area contributed by atoms with Crippen molar-refractivity contribution in [3.05, 3.63) is 82.6 Å². The van der Waals surface area contributed by atoms with Gasteiger partial charge in [-0.05, 0) is 72.2 Å². The molecule has 0 unspecified atom stereocenters. The van der Waals surface area contributed by atoms with Gasteiger partial charge < -0.3 is 14.8 Å². The zero-order valence-corrected chi connectivity index (χ0v) is 18.6. The number of methoxy groups -OCH3 is 1. The van der Waals surface area contributed by atoms with E-state index in [4.69, 9.17) is 21.1 Å². The minimum absolute atomic E-state index is 0.229. The second-order valence-corrected chi connectivity index (χ2v) is 8.40. The summed E-state index contributed by atoms with van der Waals surface area (Å²) in [4.78, 5) is 0. The largest absolute Gasteiger partial charge is 0.495 e. The lowest BCUT2D eigenvalue weighted by atomic mass is 10.0. The molecule has 1 fully saturated rings. The molecule has 0 aliphatic heterocycles. The standard InChI is InChI=1S/C26H27ClFNO2/c1-17(19-4-3-5-20(12-19)18-6-7-18)29-10-11-31-24-14-22(13-23(28)16-24)21-8-9-25(27)26(15-21)30-2/h3-5,8-9,12-18,29H,6-7,10-11H2,1-2H3/t17-/m1/s1. The van der Waals surface area contributed by atoms with Crippen molar-refractivity contribution in [2.45, 2.75) is 31.7 Å². The Hall–Kier alpha value is -2.56. The fraction of sp³-hybridized carbons (Fsp3) is 0.308. The highest BCUT2D eigenvalue weighted by Crippen LogP contribution is 2.40. The summed E-state index contributed by atoms with van der Waals surface area (Å²) in [5, 5.41) is 4.00. The van der Waals surface area contributed by atoms with Crippen LogP contribution in [0.2, 0.25) is 5.02 Å². The zero-order chi connectivity index (χ0) is 21.8. The first kappa shape index (κ1) is 21.7. The van der Waals surface area contributed by atoms with Crippen molar-refractivity contribution in [1.82, 2.24) is 5.32 Å². The van der Waals surface area contributed by atoms with Crippen molar-refractivity contribution in [1.29, 1.82) is 0 Å². The number of ether oxygens (including phenoxy) is 2. The van der Waals surface area contributed by atoms with Crippen LogP contribution >= 0.6 is 11.6 Å². The highest BCUT2D eigenvalue weighted by atomic mass is 35.5. The van der Waals surface area contributed by atoms with Crippen LogP contribution in [0.1, 0.15) is 42.9 Å². The number of rotatable bonds is 9. The summed E-state index contributed by atoms with van der Waals surface area (Å²) in [5.41, 5.74) is 4.25. The van der Waals surface area contributed by atoms with E-state index in [1.807, 2.05) is 12.1 Å². The Morgan fingerprint density at radius 1 is 1.06 bits per heavy atom. The van der Waals surface area contributed by atoms with Gasteiger partial charge in [0.1, 0.15) is 23.9 Å². The molecule has 0 saturated heterocycles. The molecule has 1 saturated carbocycles. The maximum absolute atomic E-state index is 14.2. The van der Waals surface area contributed by atoms with Gasteiger partial charge in [0.25, 0.3) is 0 Å². The van der Waals surface area contributed by atoms with Gasteiger partial charge in [0.05, 0.1) is 12.1 Å². The second-order valence-electron chi connectivity index (χ2n) is 7.99. The van der Waals surface area contributed by atoms with Crippen LogP contribution in [-0.4, -0.2) is 20.3 Å². The summed E-state index contributed by atoms with van der Waals surface area (Å²) in [7, 11) is 1.56. The summed E-state index contributed by atoms with van der Waals surface area (Å²) in [6, 6.07) is 19.1. The number of halogens is 2. The molecule has 0 spiro atoms. The molecular weight excluding hydrogens is 413 g/mol. The van der Waals surface area contributed by atoms with Gasteiger partial charge in [0, 0.05) is 18.7 Å². The van der Waals surface area contributed by atoms with E-state index >= 15 is 0 Å². The van der Waals surface area contributed by atoms with E-state index in [0.717, 1.165) is 11.5 Å². The molecule has 5 heteroatoms. The molecule has 3 nitrogen and oxygen atoms in total. The van der Waals surface area contributed by atoms with Gasteiger partial charge >= 0.3 is 0 Å². The Morgan fingerprint density at radius 3 is 2.68 bits per heavy atom. The molecule has 0 bridgehead atoms. The number of nitrogens with one attached hydrogen (secondary N) is 1. The van der Waals surface area contributed by atoms with Crippen molar-refractivity contribution in [2.75, 3.05) is 20.3 Å². The first-order chi connectivity index (χ1) is 15.0. The van der Waals surface area contributed by atoms with Gasteiger partial charge in [-0.15, -0.1) is 0 Å². The van der Waals surface area contributed by atoms with Crippen LogP contribution in [-0.2, 0) is 0 Å². The van der Waals surface area contributed by atoms with Crippen molar-refractivity contribution < 1.29 is 13.9 Å². The molecule has 162 valence electrons. The molecular formula is C26H27ClFNO2. The molecule has 1 aliphatic rings. The Bertz CT molecular complexity index is 1050. The SMILES string of the molecule is COc1cc(-c2cc(F)cc(OCCN[C@H](C)c3cccc(C4CC4)c3)c2)ccc1Cl. The fourth-order valence-corrected chi connectivity index (χ4v) is 3.91. The molecule has 0 amide bonds. The third-order valence-corrected chi connectivity index (χ3v) is 5.95. The first-order valence-electron chi connectivity index (χ1n) is 10.6. The van der Waals surface area contributed by atoms with Crippen LogP contribution in [0.15, 0.2) is 60.7 Å². The molecule has 3 aromatic rings. The van der Waals surface area contributed by atoms with E-state index in [1.54, 1.807) is 19.2 Å². The quantitative estimate of drug-likeness (QED) is 0.373. The number of benzene rings is 3. The predicted molar refractivity (Wildman–Crippen MR) is 124 cm³/mol. The van der Waals surface area contributed by atoms with Crippen LogP contribution in [0.4, 0.5) is 4.39 Å². The predicted octanol–water partition coefficient (Wildman–Crippen LogP) is 6.76. The summed E-state index contributed by atoms with van der Waals surface area (Å²) in [6.07, 6.45) is 2.61. The average molecular weight is 440 g/mol. The maximum atomic E-state index is 14.2. The summed E-state index contributed by atoms with van der Waals surface area (Å²) in [5.74, 6) is 1.45. The van der Waals surface area contributed by atoms with Gasteiger partial charge in [-0.2, -0.15) is 0 Å². The van der Waals surface area contributed by atoms with E-state index in [1.165, 1.54) is 36.1 Å². The third-order valence-electron chi connectivity index (χ3n) is 5.64. The lowest BCUT2D eigenvalue weighted by Gasteiger charge is -2.16. The summed E-state index contributed by atoms with van der Waals surface area (Å²) >= 11 is 6.10. The highest BCUT2D eigenvalue weighted by molar-refractivity contribution is 6.32. The summed E-state index contributed by atoms with van der Waals surface area (Å²) in [6.45, 7) is 3.26. The molecule has 31 heavy (non-hydrogen) atoms. The van der Waals surface area contributed by atoms with Crippen molar-refractivity contribution in [3.8, 4) is 22.6 Å². The second kappa shape index (κ2) is 9.71. The minimum atomic E-state index is -0.348. The van der Waals surface area contributed by atoms with Crippen LogP contribution < -0.4 is 14.8 Å². The summed E-state index contributed by atoms with van der Waals surface area (Å²) < 4.78 is 25.3. The fourth-order valence-electron chi connectivity index (χ4n) is 3.71. The van der Waals surface area contributed by atoms with Gasteiger partial charge in [0.2, 0.25) is 0 Å².